The average molecular weight is 600 g/mol. The van der Waals surface area contributed by atoms with Crippen LogP contribution >= 0.6 is 11.8 Å². The number of nitrogens with zero attached hydrogens (tertiary/aromatic N) is 3. The van der Waals surface area contributed by atoms with E-state index in [0.29, 0.717) is 58.5 Å². The SMILES string of the molecule is CCCSc1nc2n(n1)C(c1ccc(OCc3cccc(C)c3)c(OC)c1)C(C(=O)Nc1ccccc1OCC)=C(C)N2. The molecule has 9 nitrogen and oxygen atoms in total. The number of aromatic nitrogens is 3. The van der Waals surface area contributed by atoms with Crippen molar-refractivity contribution in [3.05, 3.63) is 94.7 Å². The molecule has 0 radical (unpaired) electrons. The smallest absolute Gasteiger partial charge is 0.255 e. The summed E-state index contributed by atoms with van der Waals surface area (Å²) < 4.78 is 19.5. The van der Waals surface area contributed by atoms with Gasteiger partial charge in [-0.05, 0) is 62.6 Å². The number of ether oxygens (including phenoxy) is 3. The third kappa shape index (κ3) is 6.80. The predicted molar refractivity (Wildman–Crippen MR) is 170 cm³/mol. The van der Waals surface area contributed by atoms with E-state index in [9.17, 15) is 4.79 Å². The summed E-state index contributed by atoms with van der Waals surface area (Å²) in [6.07, 6.45) is 0.997. The molecular weight excluding hydrogens is 562 g/mol. The first-order chi connectivity index (χ1) is 20.9. The van der Waals surface area contributed by atoms with Crippen molar-refractivity contribution in [1.29, 1.82) is 0 Å². The molecule has 1 unspecified atom stereocenters. The molecule has 1 atom stereocenters. The standard InChI is InChI=1S/C33H37N5O4S/c1-6-17-43-33-36-32-34-22(4)29(31(39)35-25-13-8-9-14-26(25)41-7-2)30(38(32)37-33)24-15-16-27(28(19-24)40-5)42-20-23-12-10-11-21(3)18-23/h8-16,18-19,30H,6-7,17,20H2,1-5H3,(H,35,39)(H,34,36,37). The average Bonchev–Trinajstić information content (AvgIpc) is 3.41. The molecule has 4 aromatic rings. The number of anilines is 2. The lowest BCUT2D eigenvalue weighted by Gasteiger charge is -2.29. The largest absolute Gasteiger partial charge is 0.493 e. The van der Waals surface area contributed by atoms with Crippen LogP contribution in [0.15, 0.2) is 83.2 Å². The van der Waals surface area contributed by atoms with Gasteiger partial charge in [0.2, 0.25) is 11.1 Å². The number of allylic oxidation sites excluding steroid dienone is 1. The summed E-state index contributed by atoms with van der Waals surface area (Å²) in [5, 5.41) is 11.8. The fourth-order valence-electron chi connectivity index (χ4n) is 4.97. The first kappa shape index (κ1) is 30.0. The Morgan fingerprint density at radius 2 is 1.84 bits per heavy atom. The van der Waals surface area contributed by atoms with Crippen molar-refractivity contribution < 1.29 is 19.0 Å². The first-order valence-electron chi connectivity index (χ1n) is 14.4. The van der Waals surface area contributed by atoms with E-state index in [1.54, 1.807) is 23.6 Å². The number of carbonyl (C=O) groups excluding carboxylic acids is 1. The van der Waals surface area contributed by atoms with Gasteiger partial charge in [-0.2, -0.15) is 4.98 Å². The van der Waals surface area contributed by atoms with E-state index in [2.05, 4.69) is 36.6 Å². The summed E-state index contributed by atoms with van der Waals surface area (Å²) in [5.74, 6) is 2.97. The number of hydrogen-bond donors (Lipinski definition) is 2. The van der Waals surface area contributed by atoms with E-state index in [1.807, 2.05) is 68.4 Å². The lowest BCUT2D eigenvalue weighted by atomic mass is 9.94. The maximum atomic E-state index is 14.0. The molecule has 0 saturated carbocycles. The van der Waals surface area contributed by atoms with Gasteiger partial charge in [0, 0.05) is 11.4 Å². The molecule has 2 heterocycles. The Morgan fingerprint density at radius 1 is 1.00 bits per heavy atom. The molecule has 0 saturated heterocycles. The van der Waals surface area contributed by atoms with Crippen LogP contribution < -0.4 is 24.8 Å². The van der Waals surface area contributed by atoms with Crippen molar-refractivity contribution in [2.45, 2.75) is 51.9 Å². The summed E-state index contributed by atoms with van der Waals surface area (Å²) >= 11 is 1.58. The van der Waals surface area contributed by atoms with Crippen LogP contribution in [0, 0.1) is 6.92 Å². The van der Waals surface area contributed by atoms with Gasteiger partial charge < -0.3 is 24.8 Å². The van der Waals surface area contributed by atoms with Gasteiger partial charge in [0.25, 0.3) is 5.91 Å². The lowest BCUT2D eigenvalue weighted by Crippen LogP contribution is -2.31. The minimum atomic E-state index is -0.571. The number of methoxy groups -OCH3 is 1. The Kier molecular flexibility index (Phi) is 9.56. The molecule has 1 aromatic heterocycles. The third-order valence-electron chi connectivity index (χ3n) is 6.93. The fraction of sp³-hybridized carbons (Fsp3) is 0.303. The summed E-state index contributed by atoms with van der Waals surface area (Å²) in [7, 11) is 1.61. The number of benzene rings is 3. The van der Waals surface area contributed by atoms with E-state index in [-0.39, 0.29) is 5.91 Å². The number of aryl methyl sites for hydroxylation is 1. The van der Waals surface area contributed by atoms with Gasteiger partial charge in [-0.1, -0.05) is 66.7 Å². The second-order valence-corrected chi connectivity index (χ2v) is 11.2. The van der Waals surface area contributed by atoms with Crippen molar-refractivity contribution >= 4 is 29.3 Å². The number of carbonyl (C=O) groups is 1. The zero-order chi connectivity index (χ0) is 30.3. The molecular formula is C33H37N5O4S. The Hall–Kier alpha value is -4.44. The number of amides is 1. The van der Waals surface area contributed by atoms with Gasteiger partial charge >= 0.3 is 0 Å². The maximum Gasteiger partial charge on any atom is 0.255 e. The van der Waals surface area contributed by atoms with Gasteiger partial charge in [0.1, 0.15) is 18.4 Å². The number of thioether (sulfide) groups is 1. The number of para-hydroxylation sites is 2. The molecule has 0 aliphatic carbocycles. The Bertz CT molecular complexity index is 1630. The van der Waals surface area contributed by atoms with Crippen molar-refractivity contribution in [1.82, 2.24) is 14.8 Å². The van der Waals surface area contributed by atoms with Crippen LogP contribution in [0.5, 0.6) is 17.2 Å². The summed E-state index contributed by atoms with van der Waals surface area (Å²) in [6.45, 7) is 8.85. The van der Waals surface area contributed by atoms with Crippen LogP contribution in [0.25, 0.3) is 0 Å². The highest BCUT2D eigenvalue weighted by molar-refractivity contribution is 7.99. The Labute approximate surface area is 256 Å². The molecule has 1 aliphatic rings. The van der Waals surface area contributed by atoms with E-state index >= 15 is 0 Å². The van der Waals surface area contributed by atoms with Crippen molar-refractivity contribution in [3.8, 4) is 17.2 Å². The molecule has 10 heteroatoms. The maximum absolute atomic E-state index is 14.0. The Balaban J connectivity index is 1.51. The fourth-order valence-corrected chi connectivity index (χ4v) is 5.65. The zero-order valence-electron chi connectivity index (χ0n) is 25.1. The monoisotopic (exact) mass is 599 g/mol. The van der Waals surface area contributed by atoms with Crippen LogP contribution in [0.4, 0.5) is 11.6 Å². The van der Waals surface area contributed by atoms with Crippen LogP contribution in [-0.2, 0) is 11.4 Å². The highest BCUT2D eigenvalue weighted by Crippen LogP contribution is 2.40. The van der Waals surface area contributed by atoms with Gasteiger partial charge in [-0.25, -0.2) is 4.68 Å². The van der Waals surface area contributed by atoms with Gasteiger partial charge in [0.05, 0.1) is 25.0 Å². The van der Waals surface area contributed by atoms with Crippen LogP contribution in [0.2, 0.25) is 0 Å². The summed E-state index contributed by atoms with van der Waals surface area (Å²) in [6, 6.07) is 20.8. The van der Waals surface area contributed by atoms with Gasteiger partial charge in [-0.3, -0.25) is 4.79 Å². The van der Waals surface area contributed by atoms with Gasteiger partial charge in [0.15, 0.2) is 11.5 Å². The third-order valence-corrected chi connectivity index (χ3v) is 7.97. The zero-order valence-corrected chi connectivity index (χ0v) is 26.0. The molecule has 0 fully saturated rings. The first-order valence-corrected chi connectivity index (χ1v) is 15.4. The number of nitrogens with one attached hydrogen (secondary N) is 2. The molecule has 3 aromatic carbocycles. The van der Waals surface area contributed by atoms with Crippen LogP contribution in [-0.4, -0.2) is 40.1 Å². The highest BCUT2D eigenvalue weighted by atomic mass is 32.2. The molecule has 1 amide bonds. The molecule has 2 N–H and O–H groups in total. The number of fused-ring (bicyclic) bond motifs is 1. The summed E-state index contributed by atoms with van der Waals surface area (Å²) in [4.78, 5) is 18.8. The number of rotatable bonds is 12. The van der Waals surface area contributed by atoms with Crippen molar-refractivity contribution in [2.75, 3.05) is 30.1 Å². The van der Waals surface area contributed by atoms with Crippen LogP contribution in [0.3, 0.4) is 0 Å². The van der Waals surface area contributed by atoms with E-state index < -0.39 is 6.04 Å². The molecule has 0 bridgehead atoms. The normalized spacial score (nSPS) is 14.1. The topological polar surface area (TPSA) is 99.5 Å². The predicted octanol–water partition coefficient (Wildman–Crippen LogP) is 7.00. The van der Waals surface area contributed by atoms with E-state index in [1.165, 1.54) is 5.56 Å². The van der Waals surface area contributed by atoms with Crippen molar-refractivity contribution in [2.24, 2.45) is 0 Å². The molecule has 1 aliphatic heterocycles. The Morgan fingerprint density at radius 3 is 2.60 bits per heavy atom. The number of hydrogen-bond acceptors (Lipinski definition) is 8. The quantitative estimate of drug-likeness (QED) is 0.168. The van der Waals surface area contributed by atoms with E-state index in [0.717, 1.165) is 23.3 Å². The molecule has 0 spiro atoms. The molecule has 5 rings (SSSR count). The molecule has 43 heavy (non-hydrogen) atoms. The van der Waals surface area contributed by atoms with Gasteiger partial charge in [-0.15, -0.1) is 5.10 Å². The lowest BCUT2D eigenvalue weighted by molar-refractivity contribution is -0.113. The molecule has 224 valence electrons. The highest BCUT2D eigenvalue weighted by Gasteiger charge is 2.35. The minimum Gasteiger partial charge on any atom is -0.493 e. The second-order valence-electron chi connectivity index (χ2n) is 10.1. The van der Waals surface area contributed by atoms with Crippen molar-refractivity contribution in [3.63, 3.8) is 0 Å². The second kappa shape index (κ2) is 13.7. The minimum absolute atomic E-state index is 0.273. The summed E-state index contributed by atoms with van der Waals surface area (Å²) in [5.41, 5.74) is 4.83. The van der Waals surface area contributed by atoms with Crippen LogP contribution in [0.1, 0.15) is 49.9 Å². The van der Waals surface area contributed by atoms with E-state index in [4.69, 9.17) is 24.3 Å².